The van der Waals surface area contributed by atoms with Crippen LogP contribution in [0, 0.1) is 6.92 Å². The number of benzene rings is 2. The largest absolute Gasteiger partial charge is 0.243 e. The summed E-state index contributed by atoms with van der Waals surface area (Å²) in [5.74, 6) is 0. The molecule has 0 spiro atoms. The van der Waals surface area contributed by atoms with Gasteiger partial charge in [-0.25, -0.2) is 8.42 Å². The lowest BCUT2D eigenvalue weighted by molar-refractivity contribution is 0.548. The lowest BCUT2D eigenvalue weighted by Gasteiger charge is -2.07. The summed E-state index contributed by atoms with van der Waals surface area (Å²) in [6.07, 6.45) is 0. The Morgan fingerprint density at radius 2 is 1.55 bits per heavy atom. The minimum Gasteiger partial charge on any atom is -0.207 e. The van der Waals surface area contributed by atoms with Crippen molar-refractivity contribution in [3.8, 4) is 0 Å². The summed E-state index contributed by atoms with van der Waals surface area (Å²) in [6.45, 7) is 3.90. The molecule has 0 aromatic heterocycles. The fraction of sp³-hybridized carbons (Fsp3) is 0.250. The van der Waals surface area contributed by atoms with Crippen LogP contribution in [0.3, 0.4) is 0 Å². The number of hydrogen-bond acceptors (Lipinski definition) is 2. The molecule has 3 rings (SSSR count). The zero-order valence-electron chi connectivity index (χ0n) is 11.5. The Kier molecular flexibility index (Phi) is 3.15. The van der Waals surface area contributed by atoms with E-state index in [0.717, 1.165) is 11.1 Å². The molecule has 3 atom stereocenters. The summed E-state index contributed by atoms with van der Waals surface area (Å²) >= 11 is 0. The second-order valence-electron chi connectivity index (χ2n) is 5.24. The molecule has 1 aliphatic heterocycles. The highest BCUT2D eigenvalue weighted by molar-refractivity contribution is 7.89. The summed E-state index contributed by atoms with van der Waals surface area (Å²) in [5, 5.41) is 0. The van der Waals surface area contributed by atoms with E-state index < -0.39 is 10.0 Å². The maximum absolute atomic E-state index is 12.6. The molecule has 0 bridgehead atoms. The van der Waals surface area contributed by atoms with Crippen LogP contribution in [0.5, 0.6) is 0 Å². The molecule has 104 valence electrons. The molecular weight excluding hydrogens is 270 g/mol. The van der Waals surface area contributed by atoms with Crippen molar-refractivity contribution in [3.05, 3.63) is 65.7 Å². The lowest BCUT2D eigenvalue weighted by atomic mass is 10.1. The smallest absolute Gasteiger partial charge is 0.207 e. The Bertz CT molecular complexity index is 708. The molecule has 3 nitrogen and oxygen atoms in total. The third-order valence-electron chi connectivity index (χ3n) is 3.78. The fourth-order valence-corrected chi connectivity index (χ4v) is 4.42. The van der Waals surface area contributed by atoms with E-state index in [4.69, 9.17) is 0 Å². The third-order valence-corrected chi connectivity index (χ3v) is 5.76. The first kappa shape index (κ1) is 13.3. The number of aryl methyl sites for hydroxylation is 1. The molecular formula is C16H17NO2S. The summed E-state index contributed by atoms with van der Waals surface area (Å²) in [6, 6.07) is 16.8. The molecule has 2 aromatic carbocycles. The van der Waals surface area contributed by atoms with Crippen LogP contribution in [-0.2, 0) is 10.0 Å². The van der Waals surface area contributed by atoms with Gasteiger partial charge in [0.25, 0.3) is 0 Å². The molecule has 20 heavy (non-hydrogen) atoms. The Morgan fingerprint density at radius 1 is 0.950 bits per heavy atom. The number of rotatable bonds is 3. The molecule has 1 aliphatic rings. The van der Waals surface area contributed by atoms with Crippen molar-refractivity contribution in [2.24, 2.45) is 0 Å². The Morgan fingerprint density at radius 3 is 2.15 bits per heavy atom. The van der Waals surface area contributed by atoms with Gasteiger partial charge in [0.2, 0.25) is 10.0 Å². The molecule has 1 saturated heterocycles. The fourth-order valence-electron chi connectivity index (χ4n) is 2.60. The van der Waals surface area contributed by atoms with Gasteiger partial charge in [0.15, 0.2) is 0 Å². The topological polar surface area (TPSA) is 37.1 Å². The average molecular weight is 287 g/mol. The molecule has 4 heteroatoms. The van der Waals surface area contributed by atoms with Crippen LogP contribution in [-0.4, -0.2) is 18.8 Å². The summed E-state index contributed by atoms with van der Waals surface area (Å²) in [5.41, 5.74) is 2.11. The van der Waals surface area contributed by atoms with Crippen LogP contribution >= 0.6 is 0 Å². The zero-order chi connectivity index (χ0) is 14.3. The van der Waals surface area contributed by atoms with Gasteiger partial charge < -0.3 is 0 Å². The van der Waals surface area contributed by atoms with E-state index in [1.807, 2.05) is 56.3 Å². The second-order valence-corrected chi connectivity index (χ2v) is 7.09. The van der Waals surface area contributed by atoms with Gasteiger partial charge in [-0.2, -0.15) is 4.31 Å². The van der Waals surface area contributed by atoms with Crippen molar-refractivity contribution in [2.45, 2.75) is 30.8 Å². The van der Waals surface area contributed by atoms with Gasteiger partial charge >= 0.3 is 0 Å². The molecule has 0 aliphatic carbocycles. The van der Waals surface area contributed by atoms with Crippen molar-refractivity contribution >= 4 is 10.0 Å². The average Bonchev–Trinajstić information content (AvgIpc) is 3.13. The standard InChI is InChI=1S/C16H17NO2S/c1-12-8-10-15(11-9-12)20(18,19)17-13(2)16(17)14-6-4-3-5-7-14/h3-11,13,16H,1-2H3/t13-,16?,17?/m0/s1. The van der Waals surface area contributed by atoms with Gasteiger partial charge in [-0.15, -0.1) is 0 Å². The molecule has 1 fully saturated rings. The van der Waals surface area contributed by atoms with Crippen LogP contribution in [0.4, 0.5) is 0 Å². The van der Waals surface area contributed by atoms with E-state index >= 15 is 0 Å². The van der Waals surface area contributed by atoms with Gasteiger partial charge in [0, 0.05) is 6.04 Å². The first-order valence-corrected chi connectivity index (χ1v) is 8.11. The van der Waals surface area contributed by atoms with Gasteiger partial charge in [-0.1, -0.05) is 48.0 Å². The van der Waals surface area contributed by atoms with Crippen LogP contribution in [0.25, 0.3) is 0 Å². The number of nitrogens with zero attached hydrogens (tertiary/aromatic N) is 1. The van der Waals surface area contributed by atoms with E-state index in [2.05, 4.69) is 0 Å². The maximum atomic E-state index is 12.6. The number of hydrogen-bond donors (Lipinski definition) is 0. The van der Waals surface area contributed by atoms with E-state index in [0.29, 0.717) is 4.90 Å². The van der Waals surface area contributed by atoms with Crippen molar-refractivity contribution in [1.29, 1.82) is 0 Å². The van der Waals surface area contributed by atoms with Crippen molar-refractivity contribution in [1.82, 2.24) is 4.31 Å². The predicted molar refractivity (Wildman–Crippen MR) is 78.8 cm³/mol. The first-order valence-electron chi connectivity index (χ1n) is 6.67. The lowest BCUT2D eigenvalue weighted by Crippen LogP contribution is -2.14. The van der Waals surface area contributed by atoms with Crippen LogP contribution in [0.15, 0.2) is 59.5 Å². The quantitative estimate of drug-likeness (QED) is 0.813. The summed E-state index contributed by atoms with van der Waals surface area (Å²) < 4.78 is 26.8. The predicted octanol–water partition coefficient (Wildman–Crippen LogP) is 3.13. The minimum absolute atomic E-state index is 0.0173. The van der Waals surface area contributed by atoms with Crippen LogP contribution in [0.1, 0.15) is 24.1 Å². The highest BCUT2D eigenvalue weighted by atomic mass is 32.2. The van der Waals surface area contributed by atoms with Crippen molar-refractivity contribution in [2.75, 3.05) is 0 Å². The Labute approximate surface area is 119 Å². The molecule has 2 unspecified atom stereocenters. The second kappa shape index (κ2) is 4.72. The zero-order valence-corrected chi connectivity index (χ0v) is 12.3. The van der Waals surface area contributed by atoms with Gasteiger partial charge in [-0.05, 0) is 31.5 Å². The summed E-state index contributed by atoms with van der Waals surface area (Å²) in [7, 11) is -3.40. The van der Waals surface area contributed by atoms with Crippen molar-refractivity contribution < 1.29 is 8.42 Å². The summed E-state index contributed by atoms with van der Waals surface area (Å²) in [4.78, 5) is 0.369. The van der Waals surface area contributed by atoms with Gasteiger partial charge in [0.1, 0.15) is 0 Å². The molecule has 0 amide bonds. The number of sulfonamides is 1. The van der Waals surface area contributed by atoms with E-state index in [1.165, 1.54) is 0 Å². The van der Waals surface area contributed by atoms with E-state index in [9.17, 15) is 8.42 Å². The monoisotopic (exact) mass is 287 g/mol. The molecule has 2 aromatic rings. The highest BCUT2D eigenvalue weighted by Crippen LogP contribution is 2.47. The van der Waals surface area contributed by atoms with E-state index in [-0.39, 0.29) is 12.1 Å². The Balaban J connectivity index is 1.92. The molecule has 1 heterocycles. The SMILES string of the molecule is Cc1ccc(S(=O)(=O)N2C(c3ccccc3)[C@@H]2C)cc1. The molecule has 0 N–H and O–H groups in total. The highest BCUT2D eigenvalue weighted by Gasteiger charge is 2.53. The van der Waals surface area contributed by atoms with Crippen LogP contribution in [0.2, 0.25) is 0 Å². The van der Waals surface area contributed by atoms with Gasteiger partial charge in [0.05, 0.1) is 10.9 Å². The van der Waals surface area contributed by atoms with E-state index in [1.54, 1.807) is 16.4 Å². The molecule has 0 saturated carbocycles. The van der Waals surface area contributed by atoms with Crippen molar-refractivity contribution in [3.63, 3.8) is 0 Å². The minimum atomic E-state index is -3.40. The Hall–Kier alpha value is -1.65. The molecule has 0 radical (unpaired) electrons. The normalized spacial score (nSPS) is 25.4. The maximum Gasteiger partial charge on any atom is 0.243 e. The van der Waals surface area contributed by atoms with Crippen LogP contribution < -0.4 is 0 Å². The van der Waals surface area contributed by atoms with Gasteiger partial charge in [-0.3, -0.25) is 0 Å². The first-order chi connectivity index (χ1) is 9.51. The third kappa shape index (κ3) is 2.15.